The highest BCUT2D eigenvalue weighted by atomic mass is 16.4. The van der Waals surface area contributed by atoms with Gasteiger partial charge in [0.15, 0.2) is 0 Å². The molecule has 2 unspecified atom stereocenters. The number of carboxylic acid groups (broad SMARTS) is 1. The lowest BCUT2D eigenvalue weighted by atomic mass is 9.81. The molecular formula is C12H25NO2. The summed E-state index contributed by atoms with van der Waals surface area (Å²) in [5.41, 5.74) is 0.201. The molecule has 0 saturated heterocycles. The number of hydrogen-bond donors (Lipinski definition) is 2. The normalized spacial score (nSPS) is 16.5. The summed E-state index contributed by atoms with van der Waals surface area (Å²) in [6, 6.07) is 0.0144. The molecule has 2 atom stereocenters. The zero-order chi connectivity index (χ0) is 12.2. The molecule has 0 aromatic heterocycles. The van der Waals surface area contributed by atoms with Gasteiger partial charge in [-0.15, -0.1) is 0 Å². The molecule has 15 heavy (non-hydrogen) atoms. The first-order valence-electron chi connectivity index (χ1n) is 5.64. The molecule has 2 N–H and O–H groups in total. The maximum absolute atomic E-state index is 10.8. The number of carboxylic acids is 1. The first-order chi connectivity index (χ1) is 6.68. The lowest BCUT2D eigenvalue weighted by molar-refractivity contribution is -0.142. The predicted octanol–water partition coefficient (Wildman–Crippen LogP) is 2.37. The average molecular weight is 215 g/mol. The van der Waals surface area contributed by atoms with Crippen LogP contribution in [-0.2, 0) is 4.79 Å². The predicted molar refractivity (Wildman–Crippen MR) is 62.9 cm³/mol. The van der Waals surface area contributed by atoms with Gasteiger partial charge >= 0.3 is 5.97 Å². The summed E-state index contributed by atoms with van der Waals surface area (Å²) in [6.07, 6.45) is 0. The minimum Gasteiger partial charge on any atom is -0.481 e. The molecule has 0 bridgehead atoms. The molecule has 0 aliphatic carbocycles. The van der Waals surface area contributed by atoms with Gasteiger partial charge in [-0.2, -0.15) is 0 Å². The summed E-state index contributed by atoms with van der Waals surface area (Å²) in [4.78, 5) is 10.8. The molecule has 0 saturated carbocycles. The van der Waals surface area contributed by atoms with Crippen LogP contribution < -0.4 is 5.32 Å². The lowest BCUT2D eigenvalue weighted by Crippen LogP contribution is -2.42. The van der Waals surface area contributed by atoms with Gasteiger partial charge in [-0.05, 0) is 18.3 Å². The van der Waals surface area contributed by atoms with E-state index in [9.17, 15) is 4.79 Å². The van der Waals surface area contributed by atoms with Crippen LogP contribution in [0, 0.1) is 17.3 Å². The van der Waals surface area contributed by atoms with Crippen LogP contribution in [0.1, 0.15) is 41.5 Å². The SMILES string of the molecule is CC(NCC(C)(C)C(C)C)C(C)C(=O)O. The molecule has 0 aliphatic heterocycles. The van der Waals surface area contributed by atoms with Crippen molar-refractivity contribution in [1.82, 2.24) is 5.32 Å². The topological polar surface area (TPSA) is 49.3 Å². The van der Waals surface area contributed by atoms with Gasteiger partial charge in [0, 0.05) is 12.6 Å². The zero-order valence-corrected chi connectivity index (χ0v) is 10.8. The Hall–Kier alpha value is -0.570. The molecule has 0 radical (unpaired) electrons. The number of hydrogen-bond acceptors (Lipinski definition) is 2. The molecule has 0 fully saturated rings. The minimum absolute atomic E-state index is 0.0144. The van der Waals surface area contributed by atoms with Crippen LogP contribution >= 0.6 is 0 Å². The van der Waals surface area contributed by atoms with Crippen LogP contribution in [0.2, 0.25) is 0 Å². The third-order valence-corrected chi connectivity index (χ3v) is 3.58. The number of carbonyl (C=O) groups is 1. The molecule has 0 rings (SSSR count). The highest BCUT2D eigenvalue weighted by Crippen LogP contribution is 2.25. The molecule has 0 heterocycles. The van der Waals surface area contributed by atoms with E-state index in [4.69, 9.17) is 5.11 Å². The van der Waals surface area contributed by atoms with Crippen LogP contribution in [0.25, 0.3) is 0 Å². The van der Waals surface area contributed by atoms with Gasteiger partial charge in [-0.1, -0.05) is 34.6 Å². The second-order valence-electron chi connectivity index (χ2n) is 5.44. The lowest BCUT2D eigenvalue weighted by Gasteiger charge is -2.31. The van der Waals surface area contributed by atoms with E-state index in [-0.39, 0.29) is 17.4 Å². The second kappa shape index (κ2) is 5.50. The molecule has 3 nitrogen and oxygen atoms in total. The minimum atomic E-state index is -0.739. The van der Waals surface area contributed by atoms with Gasteiger partial charge in [-0.25, -0.2) is 0 Å². The van der Waals surface area contributed by atoms with E-state index in [1.165, 1.54) is 0 Å². The standard InChI is InChI=1S/C12H25NO2/c1-8(2)12(5,6)7-13-10(4)9(3)11(14)15/h8-10,13H,7H2,1-6H3,(H,14,15). The maximum Gasteiger partial charge on any atom is 0.307 e. The molecule has 0 aliphatic rings. The van der Waals surface area contributed by atoms with Crippen LogP contribution in [0.5, 0.6) is 0 Å². The molecular weight excluding hydrogens is 190 g/mol. The third-order valence-electron chi connectivity index (χ3n) is 3.58. The number of nitrogens with one attached hydrogen (secondary N) is 1. The Morgan fingerprint density at radius 3 is 2.07 bits per heavy atom. The van der Waals surface area contributed by atoms with Crippen molar-refractivity contribution in [2.75, 3.05) is 6.54 Å². The van der Waals surface area contributed by atoms with Gasteiger partial charge in [0.1, 0.15) is 0 Å². The Morgan fingerprint density at radius 2 is 1.73 bits per heavy atom. The van der Waals surface area contributed by atoms with E-state index < -0.39 is 5.97 Å². The van der Waals surface area contributed by atoms with Gasteiger partial charge in [-0.3, -0.25) is 4.79 Å². The van der Waals surface area contributed by atoms with E-state index >= 15 is 0 Å². The zero-order valence-electron chi connectivity index (χ0n) is 10.8. The van der Waals surface area contributed by atoms with E-state index in [1.54, 1.807) is 6.92 Å². The summed E-state index contributed by atoms with van der Waals surface area (Å²) >= 11 is 0. The van der Waals surface area contributed by atoms with Crippen LogP contribution in [0.15, 0.2) is 0 Å². The van der Waals surface area contributed by atoms with Crippen molar-refractivity contribution in [2.45, 2.75) is 47.6 Å². The Labute approximate surface area is 93.3 Å². The Balaban J connectivity index is 4.11. The van der Waals surface area contributed by atoms with Gasteiger partial charge < -0.3 is 10.4 Å². The summed E-state index contributed by atoms with van der Waals surface area (Å²) in [7, 11) is 0. The van der Waals surface area contributed by atoms with E-state index in [0.717, 1.165) is 6.54 Å². The van der Waals surface area contributed by atoms with Crippen molar-refractivity contribution < 1.29 is 9.90 Å². The van der Waals surface area contributed by atoms with Crippen LogP contribution in [0.4, 0.5) is 0 Å². The van der Waals surface area contributed by atoms with E-state index in [2.05, 4.69) is 33.0 Å². The highest BCUT2D eigenvalue weighted by molar-refractivity contribution is 5.70. The van der Waals surface area contributed by atoms with E-state index in [0.29, 0.717) is 5.92 Å². The van der Waals surface area contributed by atoms with Crippen molar-refractivity contribution in [1.29, 1.82) is 0 Å². The first kappa shape index (κ1) is 14.4. The Morgan fingerprint density at radius 1 is 1.27 bits per heavy atom. The van der Waals surface area contributed by atoms with Crippen molar-refractivity contribution in [3.63, 3.8) is 0 Å². The monoisotopic (exact) mass is 215 g/mol. The molecule has 0 spiro atoms. The van der Waals surface area contributed by atoms with E-state index in [1.807, 2.05) is 6.92 Å². The Kier molecular flexibility index (Phi) is 5.29. The van der Waals surface area contributed by atoms with Gasteiger partial charge in [0.2, 0.25) is 0 Å². The summed E-state index contributed by atoms with van der Waals surface area (Å²) in [5, 5.41) is 12.2. The fraction of sp³-hybridized carbons (Fsp3) is 0.917. The number of aliphatic carboxylic acids is 1. The fourth-order valence-corrected chi connectivity index (χ4v) is 1.02. The summed E-state index contributed by atoms with van der Waals surface area (Å²) in [5.74, 6) is -0.498. The molecule has 0 amide bonds. The van der Waals surface area contributed by atoms with Crippen molar-refractivity contribution in [3.8, 4) is 0 Å². The molecule has 3 heteroatoms. The largest absolute Gasteiger partial charge is 0.481 e. The quantitative estimate of drug-likeness (QED) is 0.715. The van der Waals surface area contributed by atoms with Crippen LogP contribution in [-0.4, -0.2) is 23.7 Å². The molecule has 0 aromatic rings. The Bertz CT molecular complexity index is 212. The summed E-state index contributed by atoms with van der Waals surface area (Å²) < 4.78 is 0. The first-order valence-corrected chi connectivity index (χ1v) is 5.64. The molecule has 0 aromatic carbocycles. The third kappa shape index (κ3) is 4.65. The van der Waals surface area contributed by atoms with Crippen molar-refractivity contribution >= 4 is 5.97 Å². The smallest absolute Gasteiger partial charge is 0.307 e. The molecule has 90 valence electrons. The summed E-state index contributed by atoms with van der Waals surface area (Å²) in [6.45, 7) is 13.3. The average Bonchev–Trinajstić information content (AvgIpc) is 2.12. The van der Waals surface area contributed by atoms with Gasteiger partial charge in [0.05, 0.1) is 5.92 Å². The highest BCUT2D eigenvalue weighted by Gasteiger charge is 2.25. The van der Waals surface area contributed by atoms with Crippen LogP contribution in [0.3, 0.4) is 0 Å². The fourth-order valence-electron chi connectivity index (χ4n) is 1.02. The second-order valence-corrected chi connectivity index (χ2v) is 5.44. The van der Waals surface area contributed by atoms with Crippen molar-refractivity contribution in [2.24, 2.45) is 17.3 Å². The van der Waals surface area contributed by atoms with Gasteiger partial charge in [0.25, 0.3) is 0 Å². The number of rotatable bonds is 6. The van der Waals surface area contributed by atoms with Crippen molar-refractivity contribution in [3.05, 3.63) is 0 Å². The maximum atomic E-state index is 10.8.